The fourth-order valence-corrected chi connectivity index (χ4v) is 4.02. The number of alkyl halides is 3. The number of hydrogen-bond acceptors (Lipinski definition) is 8. The van der Waals surface area contributed by atoms with Crippen molar-refractivity contribution in [3.63, 3.8) is 0 Å². The van der Waals surface area contributed by atoms with Crippen molar-refractivity contribution in [3.05, 3.63) is 59.7 Å². The van der Waals surface area contributed by atoms with E-state index in [4.69, 9.17) is 23.7 Å². The molecule has 0 atom stereocenters. The van der Waals surface area contributed by atoms with Gasteiger partial charge in [-0.1, -0.05) is 63.6 Å². The van der Waals surface area contributed by atoms with Gasteiger partial charge in [-0.3, -0.25) is 4.79 Å². The average molecular weight is 612 g/mol. The molecule has 2 aromatic rings. The highest BCUT2D eigenvalue weighted by Crippen LogP contribution is 2.32. The van der Waals surface area contributed by atoms with E-state index in [1.54, 1.807) is 18.2 Å². The van der Waals surface area contributed by atoms with Crippen molar-refractivity contribution in [2.75, 3.05) is 58.2 Å². The molecule has 2 rings (SSSR count). The predicted octanol–water partition coefficient (Wildman–Crippen LogP) is 7.34. The van der Waals surface area contributed by atoms with Gasteiger partial charge in [0.2, 0.25) is 0 Å². The molecule has 1 N–H and O–H groups in total. The first kappa shape index (κ1) is 36.0. The van der Waals surface area contributed by atoms with E-state index in [2.05, 4.69) is 12.2 Å². The molecule has 0 amide bonds. The second kappa shape index (κ2) is 21.5. The lowest BCUT2D eigenvalue weighted by molar-refractivity contribution is -0.145. The number of carbonyl (C=O) groups excluding carboxylic acids is 2. The standard InChI is InChI=1S/C32H44F3NO7/c1-2-3-4-5-6-7-8-16-30(37)42-23-21-40-19-17-39-18-20-41-22-24-43-31(38)28-14-9-10-15-29(28)36-27-13-11-12-26(25-27)32(33,34)35/h9-15,25,36H,2-8,16-24H2,1H3. The molecule has 0 spiro atoms. The molecule has 0 fully saturated rings. The summed E-state index contributed by atoms with van der Waals surface area (Å²) in [5.41, 5.74) is -0.0874. The highest BCUT2D eigenvalue weighted by molar-refractivity contribution is 5.96. The van der Waals surface area contributed by atoms with E-state index in [1.165, 1.54) is 50.3 Å². The molecular formula is C32H44F3NO7. The van der Waals surface area contributed by atoms with Crippen molar-refractivity contribution in [1.82, 2.24) is 0 Å². The maximum absolute atomic E-state index is 13.0. The van der Waals surface area contributed by atoms with Crippen LogP contribution in [0.25, 0.3) is 0 Å². The van der Waals surface area contributed by atoms with Crippen molar-refractivity contribution >= 4 is 23.3 Å². The fraction of sp³-hybridized carbons (Fsp3) is 0.562. The summed E-state index contributed by atoms with van der Waals surface area (Å²) in [5, 5.41) is 2.85. The molecule has 43 heavy (non-hydrogen) atoms. The molecule has 0 bridgehead atoms. The van der Waals surface area contributed by atoms with Crippen LogP contribution in [0.4, 0.5) is 24.5 Å². The molecule has 0 aliphatic rings. The van der Waals surface area contributed by atoms with Crippen LogP contribution in [0.1, 0.15) is 74.2 Å². The summed E-state index contributed by atoms with van der Waals surface area (Å²) in [4.78, 5) is 24.2. The molecule has 0 aromatic heterocycles. The second-order valence-corrected chi connectivity index (χ2v) is 9.81. The molecule has 0 unspecified atom stereocenters. The summed E-state index contributed by atoms with van der Waals surface area (Å²) in [6.07, 6.45) is 4.06. The van der Waals surface area contributed by atoms with Crippen molar-refractivity contribution in [2.45, 2.75) is 64.5 Å². The zero-order valence-electron chi connectivity index (χ0n) is 24.9. The topological polar surface area (TPSA) is 92.3 Å². The first-order valence-electron chi connectivity index (χ1n) is 14.9. The molecule has 2 aromatic carbocycles. The summed E-state index contributed by atoms with van der Waals surface area (Å²) in [6, 6.07) is 11.1. The number of rotatable bonds is 23. The van der Waals surface area contributed by atoms with E-state index < -0.39 is 17.7 Å². The molecule has 0 heterocycles. The highest BCUT2D eigenvalue weighted by atomic mass is 19.4. The Morgan fingerprint density at radius 2 is 1.28 bits per heavy atom. The molecule has 0 saturated heterocycles. The van der Waals surface area contributed by atoms with Gasteiger partial charge in [0.1, 0.15) is 13.2 Å². The van der Waals surface area contributed by atoms with Crippen LogP contribution in [-0.2, 0) is 34.7 Å². The van der Waals surface area contributed by atoms with Crippen molar-refractivity contribution in [2.24, 2.45) is 0 Å². The lowest BCUT2D eigenvalue weighted by Gasteiger charge is -2.13. The van der Waals surface area contributed by atoms with Crippen LogP contribution < -0.4 is 5.32 Å². The molecular weight excluding hydrogens is 567 g/mol. The molecule has 0 radical (unpaired) electrons. The molecule has 11 heteroatoms. The van der Waals surface area contributed by atoms with E-state index in [9.17, 15) is 22.8 Å². The number of anilines is 2. The number of hydrogen-bond donors (Lipinski definition) is 1. The quantitative estimate of drug-likeness (QED) is 0.103. The van der Waals surface area contributed by atoms with Crippen LogP contribution in [0, 0.1) is 0 Å². The average Bonchev–Trinajstić information content (AvgIpc) is 2.99. The lowest BCUT2D eigenvalue weighted by Crippen LogP contribution is -2.15. The maximum Gasteiger partial charge on any atom is 0.416 e. The largest absolute Gasteiger partial charge is 0.463 e. The van der Waals surface area contributed by atoms with Crippen LogP contribution in [-0.4, -0.2) is 64.8 Å². The summed E-state index contributed by atoms with van der Waals surface area (Å²) in [6.45, 7) is 4.22. The SMILES string of the molecule is CCCCCCCCCC(=O)OCCOCCOCCOCCOC(=O)c1ccccc1Nc1cccc(C(F)(F)F)c1. The number of nitrogens with one attached hydrogen (secondary N) is 1. The van der Waals surface area contributed by atoms with Gasteiger partial charge in [-0.15, -0.1) is 0 Å². The number of benzene rings is 2. The van der Waals surface area contributed by atoms with E-state index >= 15 is 0 Å². The summed E-state index contributed by atoms with van der Waals surface area (Å²) in [5.74, 6) is -0.817. The van der Waals surface area contributed by atoms with Gasteiger partial charge in [-0.05, 0) is 36.8 Å². The molecule has 0 aliphatic heterocycles. The molecule has 240 valence electrons. The Kier molecular flexibility index (Phi) is 18.0. The molecule has 0 saturated carbocycles. The zero-order chi connectivity index (χ0) is 31.2. The van der Waals surface area contributed by atoms with Crippen LogP contribution in [0.2, 0.25) is 0 Å². The third-order valence-corrected chi connectivity index (χ3v) is 6.30. The van der Waals surface area contributed by atoms with Crippen molar-refractivity contribution in [1.29, 1.82) is 0 Å². The van der Waals surface area contributed by atoms with Gasteiger partial charge in [-0.25, -0.2) is 4.79 Å². The minimum absolute atomic E-state index is 0.00246. The first-order chi connectivity index (χ1) is 20.8. The highest BCUT2D eigenvalue weighted by Gasteiger charge is 2.30. The zero-order valence-corrected chi connectivity index (χ0v) is 24.9. The van der Waals surface area contributed by atoms with Gasteiger partial charge in [0.15, 0.2) is 0 Å². The van der Waals surface area contributed by atoms with Gasteiger partial charge in [-0.2, -0.15) is 13.2 Å². The normalized spacial score (nSPS) is 11.3. The number of unbranched alkanes of at least 4 members (excludes halogenated alkanes) is 6. The third-order valence-electron chi connectivity index (χ3n) is 6.30. The summed E-state index contributed by atoms with van der Waals surface area (Å²) in [7, 11) is 0. The van der Waals surface area contributed by atoms with Crippen molar-refractivity contribution < 1.29 is 46.4 Å². The Labute approximate surface area is 252 Å². The Bertz CT molecular complexity index is 1070. The fourth-order valence-electron chi connectivity index (χ4n) is 4.02. The second-order valence-electron chi connectivity index (χ2n) is 9.81. The van der Waals surface area contributed by atoms with Crippen LogP contribution in [0.5, 0.6) is 0 Å². The van der Waals surface area contributed by atoms with E-state index in [0.29, 0.717) is 45.1 Å². The number of esters is 2. The Balaban J connectivity index is 1.47. The Hall–Kier alpha value is -3.15. The minimum Gasteiger partial charge on any atom is -0.463 e. The van der Waals surface area contributed by atoms with Gasteiger partial charge < -0.3 is 29.0 Å². The third kappa shape index (κ3) is 16.3. The molecule has 8 nitrogen and oxygen atoms in total. The van der Waals surface area contributed by atoms with Crippen LogP contribution >= 0.6 is 0 Å². The van der Waals surface area contributed by atoms with Gasteiger partial charge in [0, 0.05) is 12.1 Å². The van der Waals surface area contributed by atoms with E-state index in [1.807, 2.05) is 0 Å². The van der Waals surface area contributed by atoms with Gasteiger partial charge in [0.25, 0.3) is 0 Å². The monoisotopic (exact) mass is 611 g/mol. The van der Waals surface area contributed by atoms with E-state index in [-0.39, 0.29) is 37.0 Å². The lowest BCUT2D eigenvalue weighted by atomic mass is 10.1. The Morgan fingerprint density at radius 3 is 1.93 bits per heavy atom. The molecule has 0 aliphatic carbocycles. The smallest absolute Gasteiger partial charge is 0.416 e. The summed E-state index contributed by atoms with van der Waals surface area (Å²) >= 11 is 0. The first-order valence-corrected chi connectivity index (χ1v) is 14.9. The Morgan fingerprint density at radius 1 is 0.698 bits per heavy atom. The van der Waals surface area contributed by atoms with Crippen LogP contribution in [0.15, 0.2) is 48.5 Å². The maximum atomic E-state index is 13.0. The van der Waals surface area contributed by atoms with Crippen molar-refractivity contribution in [3.8, 4) is 0 Å². The number of ether oxygens (including phenoxy) is 5. The van der Waals surface area contributed by atoms with Crippen LogP contribution in [0.3, 0.4) is 0 Å². The van der Waals surface area contributed by atoms with Gasteiger partial charge >= 0.3 is 18.1 Å². The minimum atomic E-state index is -4.47. The van der Waals surface area contributed by atoms with Gasteiger partial charge in [0.05, 0.1) is 56.5 Å². The van der Waals surface area contributed by atoms with E-state index in [0.717, 1.165) is 25.0 Å². The number of halogens is 3. The number of carbonyl (C=O) groups is 2. The number of para-hydroxylation sites is 1. The predicted molar refractivity (Wildman–Crippen MR) is 157 cm³/mol. The summed E-state index contributed by atoms with van der Waals surface area (Å²) < 4.78 is 65.6.